The maximum absolute atomic E-state index is 12.6. The van der Waals surface area contributed by atoms with E-state index in [1.165, 1.54) is 5.56 Å². The van der Waals surface area contributed by atoms with Gasteiger partial charge in [-0.1, -0.05) is 52.9 Å². The molecule has 0 bridgehead atoms. The Bertz CT molecular complexity index is 637. The van der Waals surface area contributed by atoms with Crippen molar-refractivity contribution in [3.63, 3.8) is 0 Å². The van der Waals surface area contributed by atoms with Gasteiger partial charge in [0.1, 0.15) is 0 Å². The predicted molar refractivity (Wildman–Crippen MR) is 89.2 cm³/mol. The third-order valence-electron chi connectivity index (χ3n) is 3.61. The van der Waals surface area contributed by atoms with E-state index in [1.807, 2.05) is 47.4 Å². The Kier molecular flexibility index (Phi) is 3.76. The fourth-order valence-corrected chi connectivity index (χ4v) is 2.93. The zero-order valence-corrected chi connectivity index (χ0v) is 13.1. The normalized spacial score (nSPS) is 15.0. The molecular formula is C16H15IN2O. The van der Waals surface area contributed by atoms with Crippen LogP contribution in [0.25, 0.3) is 0 Å². The lowest BCUT2D eigenvalue weighted by molar-refractivity contribution is 0.0989. The lowest BCUT2D eigenvalue weighted by Gasteiger charge is -2.17. The molecule has 102 valence electrons. The first-order valence-corrected chi connectivity index (χ1v) is 7.81. The quantitative estimate of drug-likeness (QED) is 0.495. The molecule has 0 radical (unpaired) electrons. The minimum atomic E-state index is -0.0377. The van der Waals surface area contributed by atoms with Crippen LogP contribution < -0.4 is 10.6 Å². The van der Waals surface area contributed by atoms with Crippen molar-refractivity contribution < 1.29 is 4.79 Å². The van der Waals surface area contributed by atoms with Crippen LogP contribution in [0.1, 0.15) is 25.5 Å². The highest BCUT2D eigenvalue weighted by molar-refractivity contribution is 14.1. The number of nitrogens with two attached hydrogens (primary N) is 1. The number of carbonyl (C=O) groups is 1. The average molecular weight is 378 g/mol. The van der Waals surface area contributed by atoms with E-state index < -0.39 is 0 Å². The van der Waals surface area contributed by atoms with Crippen LogP contribution >= 0.6 is 22.6 Å². The summed E-state index contributed by atoms with van der Waals surface area (Å²) in [4.78, 5) is 14.4. The van der Waals surface area contributed by atoms with Gasteiger partial charge in [0.05, 0.1) is 4.05 Å². The molecule has 0 spiro atoms. The molecule has 0 aliphatic carbocycles. The lowest BCUT2D eigenvalue weighted by atomic mass is 10.1. The highest BCUT2D eigenvalue weighted by Gasteiger charge is 2.24. The molecule has 0 saturated carbocycles. The minimum Gasteiger partial charge on any atom is -0.316 e. The third-order valence-corrected chi connectivity index (χ3v) is 4.33. The summed E-state index contributed by atoms with van der Waals surface area (Å²) in [5, 5.41) is 0. The number of hydrogen-bond donors (Lipinski definition) is 1. The maximum Gasteiger partial charge on any atom is 0.258 e. The van der Waals surface area contributed by atoms with Crippen molar-refractivity contribution in [2.24, 2.45) is 5.73 Å². The van der Waals surface area contributed by atoms with E-state index in [0.29, 0.717) is 5.56 Å². The molecule has 0 aromatic heterocycles. The molecule has 20 heavy (non-hydrogen) atoms. The second kappa shape index (κ2) is 5.54. The molecule has 1 unspecified atom stereocenters. The van der Waals surface area contributed by atoms with Gasteiger partial charge in [0.15, 0.2) is 0 Å². The summed E-state index contributed by atoms with van der Waals surface area (Å²) in [6, 6.07) is 15.6. The number of nitrogens with zero attached hydrogens (tertiary/aromatic N) is 1. The van der Waals surface area contributed by atoms with Crippen molar-refractivity contribution >= 4 is 34.2 Å². The lowest BCUT2D eigenvalue weighted by Crippen LogP contribution is -2.28. The molecule has 2 N–H and O–H groups in total. The first kappa shape index (κ1) is 13.6. The van der Waals surface area contributed by atoms with Crippen molar-refractivity contribution in [3.8, 4) is 0 Å². The molecule has 3 rings (SSSR count). The van der Waals surface area contributed by atoms with Gasteiger partial charge in [0.25, 0.3) is 5.91 Å². The zero-order chi connectivity index (χ0) is 14.1. The van der Waals surface area contributed by atoms with Gasteiger partial charge in [0, 0.05) is 17.8 Å². The highest BCUT2D eigenvalue weighted by Crippen LogP contribution is 2.29. The van der Waals surface area contributed by atoms with Crippen molar-refractivity contribution in [3.05, 3.63) is 65.2 Å². The molecule has 1 amide bonds. The Morgan fingerprint density at radius 3 is 2.55 bits per heavy atom. The number of benzene rings is 2. The van der Waals surface area contributed by atoms with Gasteiger partial charge in [0.2, 0.25) is 0 Å². The van der Waals surface area contributed by atoms with Gasteiger partial charge in [-0.15, -0.1) is 0 Å². The van der Waals surface area contributed by atoms with Crippen molar-refractivity contribution in [1.29, 1.82) is 0 Å². The van der Waals surface area contributed by atoms with Crippen LogP contribution in [0.2, 0.25) is 0 Å². The van der Waals surface area contributed by atoms with E-state index in [2.05, 4.69) is 28.7 Å². The number of halogens is 1. The van der Waals surface area contributed by atoms with E-state index in [0.717, 1.165) is 24.2 Å². The molecule has 0 fully saturated rings. The Balaban J connectivity index is 1.87. The van der Waals surface area contributed by atoms with Crippen LogP contribution in [0.3, 0.4) is 0 Å². The number of para-hydroxylation sites is 1. The number of fused-ring (bicyclic) bond motifs is 1. The second-order valence-corrected chi connectivity index (χ2v) is 6.20. The van der Waals surface area contributed by atoms with Crippen LogP contribution in [-0.2, 0) is 6.42 Å². The molecular weight excluding hydrogens is 363 g/mol. The Morgan fingerprint density at radius 2 is 1.85 bits per heavy atom. The molecule has 2 aromatic rings. The van der Waals surface area contributed by atoms with Gasteiger partial charge in [-0.2, -0.15) is 0 Å². The van der Waals surface area contributed by atoms with Gasteiger partial charge in [-0.25, -0.2) is 0 Å². The fraction of sp³-hybridized carbons (Fsp3) is 0.188. The van der Waals surface area contributed by atoms with Gasteiger partial charge in [-0.05, 0) is 35.7 Å². The molecule has 1 atom stereocenters. The van der Waals surface area contributed by atoms with E-state index in [9.17, 15) is 4.79 Å². The smallest absolute Gasteiger partial charge is 0.258 e. The van der Waals surface area contributed by atoms with Crippen LogP contribution in [0, 0.1) is 0 Å². The molecule has 2 aromatic carbocycles. The summed E-state index contributed by atoms with van der Waals surface area (Å²) in [6.07, 6.45) is 0.929. The van der Waals surface area contributed by atoms with Crippen molar-refractivity contribution in [2.45, 2.75) is 10.5 Å². The summed E-state index contributed by atoms with van der Waals surface area (Å²) < 4.78 is -0.0377. The van der Waals surface area contributed by atoms with Crippen molar-refractivity contribution in [1.82, 2.24) is 0 Å². The largest absolute Gasteiger partial charge is 0.316 e. The molecule has 1 aliphatic rings. The number of amides is 1. The van der Waals surface area contributed by atoms with E-state index in [1.54, 1.807) is 0 Å². The second-order valence-electron chi connectivity index (χ2n) is 4.86. The topological polar surface area (TPSA) is 46.3 Å². The average Bonchev–Trinajstić information content (AvgIpc) is 2.90. The number of alkyl halides is 1. The highest BCUT2D eigenvalue weighted by atomic mass is 127. The Morgan fingerprint density at radius 1 is 1.15 bits per heavy atom. The standard InChI is InChI=1S/C16H15IN2O/c17-15(18)12-5-7-13(8-6-12)16(20)19-10-9-11-3-1-2-4-14(11)19/h1-8,15H,9-10,18H2. The summed E-state index contributed by atoms with van der Waals surface area (Å²) >= 11 is 2.16. The van der Waals surface area contributed by atoms with Crippen LogP contribution in [0.15, 0.2) is 48.5 Å². The van der Waals surface area contributed by atoms with Crippen LogP contribution in [0.5, 0.6) is 0 Å². The first-order valence-electron chi connectivity index (χ1n) is 6.56. The number of hydrogen-bond acceptors (Lipinski definition) is 2. The summed E-state index contributed by atoms with van der Waals surface area (Å²) in [6.45, 7) is 0.756. The van der Waals surface area contributed by atoms with Gasteiger partial charge in [-0.3, -0.25) is 4.79 Å². The molecule has 3 nitrogen and oxygen atoms in total. The monoisotopic (exact) mass is 378 g/mol. The SMILES string of the molecule is NC(I)c1ccc(C(=O)N2CCc3ccccc32)cc1. The summed E-state index contributed by atoms with van der Waals surface area (Å²) in [5.41, 5.74) is 9.84. The molecule has 1 heterocycles. The third kappa shape index (κ3) is 2.45. The number of rotatable bonds is 2. The molecule has 1 aliphatic heterocycles. The molecule has 4 heteroatoms. The number of anilines is 1. The Hall–Kier alpha value is -1.40. The number of carbonyl (C=O) groups excluding carboxylic acids is 1. The zero-order valence-electron chi connectivity index (χ0n) is 10.9. The Labute approximate surface area is 131 Å². The van der Waals surface area contributed by atoms with E-state index in [-0.39, 0.29) is 9.96 Å². The van der Waals surface area contributed by atoms with E-state index >= 15 is 0 Å². The predicted octanol–water partition coefficient (Wildman–Crippen LogP) is 3.28. The van der Waals surface area contributed by atoms with E-state index in [4.69, 9.17) is 5.73 Å². The molecule has 0 saturated heterocycles. The summed E-state index contributed by atoms with van der Waals surface area (Å²) in [5.74, 6) is 0.0588. The van der Waals surface area contributed by atoms with Gasteiger partial charge < -0.3 is 10.6 Å². The van der Waals surface area contributed by atoms with Crippen LogP contribution in [-0.4, -0.2) is 12.5 Å². The van der Waals surface area contributed by atoms with Crippen molar-refractivity contribution in [2.75, 3.05) is 11.4 Å². The summed E-state index contributed by atoms with van der Waals surface area (Å²) in [7, 11) is 0. The first-order chi connectivity index (χ1) is 9.66. The fourth-order valence-electron chi connectivity index (χ4n) is 2.51. The minimum absolute atomic E-state index is 0.0377. The van der Waals surface area contributed by atoms with Gasteiger partial charge >= 0.3 is 0 Å². The maximum atomic E-state index is 12.6. The van der Waals surface area contributed by atoms with Crippen LogP contribution in [0.4, 0.5) is 5.69 Å².